The van der Waals surface area contributed by atoms with Gasteiger partial charge in [-0.05, 0) is 56.2 Å². The van der Waals surface area contributed by atoms with E-state index in [4.69, 9.17) is 4.74 Å². The van der Waals surface area contributed by atoms with Crippen molar-refractivity contribution in [3.05, 3.63) is 23.9 Å². The van der Waals surface area contributed by atoms with Crippen molar-refractivity contribution in [2.75, 3.05) is 50.8 Å². The second kappa shape index (κ2) is 11.5. The average Bonchev–Trinajstić information content (AvgIpc) is 2.72. The first kappa shape index (κ1) is 22.8. The van der Waals surface area contributed by atoms with Gasteiger partial charge in [-0.3, -0.25) is 0 Å². The number of nitrogens with zero attached hydrogens (tertiary/aromatic N) is 3. The Bertz CT molecular complexity index is 643. The largest absolute Gasteiger partial charge is 0.375 e. The van der Waals surface area contributed by atoms with Crippen LogP contribution < -0.4 is 15.5 Å². The maximum Gasteiger partial charge on any atom is 0.315 e. The van der Waals surface area contributed by atoms with Crippen LogP contribution in [-0.4, -0.2) is 67.9 Å². The van der Waals surface area contributed by atoms with Gasteiger partial charge in [0.25, 0.3) is 0 Å². The highest BCUT2D eigenvalue weighted by Crippen LogP contribution is 2.21. The summed E-state index contributed by atoms with van der Waals surface area (Å²) in [5.41, 5.74) is 1.00. The molecule has 7 nitrogen and oxygen atoms in total. The molecule has 7 heteroatoms. The van der Waals surface area contributed by atoms with Crippen LogP contribution in [0.3, 0.4) is 0 Å². The lowest BCUT2D eigenvalue weighted by atomic mass is 9.92. The second-order valence-corrected chi connectivity index (χ2v) is 9.17. The Balaban J connectivity index is 1.27. The molecule has 0 aliphatic carbocycles. The molecule has 3 rings (SSSR count). The van der Waals surface area contributed by atoms with Crippen molar-refractivity contribution in [2.45, 2.75) is 52.7 Å². The summed E-state index contributed by atoms with van der Waals surface area (Å²) >= 11 is 0. The zero-order chi connectivity index (χ0) is 21.3. The van der Waals surface area contributed by atoms with Gasteiger partial charge in [0.15, 0.2) is 0 Å². The molecule has 2 N–H and O–H groups in total. The van der Waals surface area contributed by atoms with Crippen LogP contribution in [0, 0.1) is 11.8 Å². The maximum absolute atomic E-state index is 12.0. The molecule has 0 radical (unpaired) electrons. The first-order valence-electron chi connectivity index (χ1n) is 11.5. The normalized spacial score (nSPS) is 25.2. The summed E-state index contributed by atoms with van der Waals surface area (Å²) in [5.74, 6) is 2.58. The second-order valence-electron chi connectivity index (χ2n) is 9.17. The van der Waals surface area contributed by atoms with Crippen molar-refractivity contribution in [3.8, 4) is 0 Å². The molecule has 2 aliphatic rings. The number of hydrogen-bond donors (Lipinski definition) is 2. The lowest BCUT2D eigenvalue weighted by Crippen LogP contribution is -2.41. The number of hydrogen-bond acceptors (Lipinski definition) is 5. The quantitative estimate of drug-likeness (QED) is 0.637. The van der Waals surface area contributed by atoms with Crippen molar-refractivity contribution in [3.63, 3.8) is 0 Å². The molecule has 0 aromatic carbocycles. The summed E-state index contributed by atoms with van der Waals surface area (Å²) in [6, 6.07) is 3.94. The van der Waals surface area contributed by atoms with Crippen LogP contribution in [0.15, 0.2) is 18.3 Å². The molecule has 0 saturated carbocycles. The van der Waals surface area contributed by atoms with Crippen LogP contribution >= 0.6 is 0 Å². The number of carbonyl (C=O) groups is 1. The number of amides is 2. The van der Waals surface area contributed by atoms with Crippen molar-refractivity contribution in [2.24, 2.45) is 11.8 Å². The molecule has 2 fully saturated rings. The SMILES string of the molecule is CC1CC(C)CN(CCCCNC(=O)NCc2ccc(N3CCOC(C)C3)nc2)C1. The predicted molar refractivity (Wildman–Crippen MR) is 121 cm³/mol. The van der Waals surface area contributed by atoms with E-state index in [1.807, 2.05) is 18.3 Å². The van der Waals surface area contributed by atoms with Crippen LogP contribution in [0.4, 0.5) is 10.6 Å². The summed E-state index contributed by atoms with van der Waals surface area (Å²) < 4.78 is 5.58. The van der Waals surface area contributed by atoms with Crippen LogP contribution in [0.1, 0.15) is 45.6 Å². The number of anilines is 1. The number of aromatic nitrogens is 1. The molecule has 1 aromatic heterocycles. The first-order valence-corrected chi connectivity index (χ1v) is 11.5. The molecule has 0 spiro atoms. The highest BCUT2D eigenvalue weighted by molar-refractivity contribution is 5.73. The smallest absolute Gasteiger partial charge is 0.315 e. The molecule has 3 unspecified atom stereocenters. The molecule has 0 bridgehead atoms. The number of urea groups is 1. The van der Waals surface area contributed by atoms with E-state index in [1.54, 1.807) is 0 Å². The number of unbranched alkanes of at least 4 members (excludes halogenated alkanes) is 1. The van der Waals surface area contributed by atoms with E-state index in [0.717, 1.165) is 68.8 Å². The van der Waals surface area contributed by atoms with E-state index in [1.165, 1.54) is 19.5 Å². The van der Waals surface area contributed by atoms with Gasteiger partial charge < -0.3 is 25.2 Å². The van der Waals surface area contributed by atoms with Crippen molar-refractivity contribution in [1.82, 2.24) is 20.5 Å². The zero-order valence-electron chi connectivity index (χ0n) is 18.9. The minimum atomic E-state index is -0.110. The Labute approximate surface area is 181 Å². The number of rotatable bonds is 8. The molecule has 168 valence electrons. The standard InChI is InChI=1S/C23H39N5O2/c1-18-12-19(2)16-27(15-18)9-5-4-8-24-23(29)26-14-21-6-7-22(25-13-21)28-10-11-30-20(3)17-28/h6-7,13,18-20H,4-5,8-12,14-17H2,1-3H3,(H2,24,26,29). The Morgan fingerprint density at radius 1 is 1.13 bits per heavy atom. The summed E-state index contributed by atoms with van der Waals surface area (Å²) in [6.07, 6.45) is 5.57. The number of piperidine rings is 1. The van der Waals surface area contributed by atoms with E-state index in [9.17, 15) is 4.79 Å². The van der Waals surface area contributed by atoms with Gasteiger partial charge in [-0.15, -0.1) is 0 Å². The number of likely N-dealkylation sites (tertiary alicyclic amines) is 1. The molecule has 1 aromatic rings. The average molecular weight is 418 g/mol. The fourth-order valence-electron chi connectivity index (χ4n) is 4.62. The summed E-state index contributed by atoms with van der Waals surface area (Å²) in [6.45, 7) is 14.0. The number of morpholine rings is 1. The van der Waals surface area contributed by atoms with Crippen molar-refractivity contribution < 1.29 is 9.53 Å². The van der Waals surface area contributed by atoms with Gasteiger partial charge in [0, 0.05) is 45.5 Å². The topological polar surface area (TPSA) is 69.7 Å². The third-order valence-corrected chi connectivity index (χ3v) is 5.96. The molecular weight excluding hydrogens is 378 g/mol. The zero-order valence-corrected chi connectivity index (χ0v) is 18.9. The van der Waals surface area contributed by atoms with Gasteiger partial charge in [0.2, 0.25) is 0 Å². The molecule has 3 heterocycles. The van der Waals surface area contributed by atoms with E-state index < -0.39 is 0 Å². The molecule has 2 amide bonds. The first-order chi connectivity index (χ1) is 14.5. The summed E-state index contributed by atoms with van der Waals surface area (Å²) in [5, 5.41) is 5.89. The highest BCUT2D eigenvalue weighted by atomic mass is 16.5. The fraction of sp³-hybridized carbons (Fsp3) is 0.739. The Morgan fingerprint density at radius 3 is 2.63 bits per heavy atom. The lowest BCUT2D eigenvalue weighted by molar-refractivity contribution is 0.0529. The van der Waals surface area contributed by atoms with Crippen molar-refractivity contribution in [1.29, 1.82) is 0 Å². The summed E-state index contributed by atoms with van der Waals surface area (Å²) in [4.78, 5) is 21.4. The number of carbonyl (C=O) groups excluding carboxylic acids is 1. The maximum atomic E-state index is 12.0. The van der Waals surface area contributed by atoms with E-state index in [0.29, 0.717) is 6.54 Å². The Kier molecular flexibility index (Phi) is 8.75. The fourth-order valence-corrected chi connectivity index (χ4v) is 4.62. The minimum absolute atomic E-state index is 0.110. The van der Waals surface area contributed by atoms with Crippen LogP contribution in [0.25, 0.3) is 0 Å². The summed E-state index contributed by atoms with van der Waals surface area (Å²) in [7, 11) is 0. The van der Waals surface area contributed by atoms with E-state index in [-0.39, 0.29) is 12.1 Å². The Morgan fingerprint density at radius 2 is 1.93 bits per heavy atom. The van der Waals surface area contributed by atoms with Crippen LogP contribution in [-0.2, 0) is 11.3 Å². The van der Waals surface area contributed by atoms with Gasteiger partial charge in [-0.1, -0.05) is 19.9 Å². The van der Waals surface area contributed by atoms with Crippen LogP contribution in [0.5, 0.6) is 0 Å². The van der Waals surface area contributed by atoms with E-state index in [2.05, 4.69) is 46.2 Å². The van der Waals surface area contributed by atoms with Crippen molar-refractivity contribution >= 4 is 11.8 Å². The van der Waals surface area contributed by atoms with Gasteiger partial charge in [0.05, 0.1) is 12.7 Å². The van der Waals surface area contributed by atoms with Gasteiger partial charge >= 0.3 is 6.03 Å². The minimum Gasteiger partial charge on any atom is -0.375 e. The van der Waals surface area contributed by atoms with Crippen LogP contribution in [0.2, 0.25) is 0 Å². The van der Waals surface area contributed by atoms with Gasteiger partial charge in [-0.2, -0.15) is 0 Å². The van der Waals surface area contributed by atoms with Gasteiger partial charge in [0.1, 0.15) is 5.82 Å². The molecule has 30 heavy (non-hydrogen) atoms. The number of ether oxygens (including phenoxy) is 1. The monoisotopic (exact) mass is 417 g/mol. The molecular formula is C23H39N5O2. The number of pyridine rings is 1. The van der Waals surface area contributed by atoms with Gasteiger partial charge in [-0.25, -0.2) is 9.78 Å². The Hall–Kier alpha value is -1.86. The third-order valence-electron chi connectivity index (χ3n) is 5.96. The lowest BCUT2D eigenvalue weighted by Gasteiger charge is -2.34. The van der Waals surface area contributed by atoms with E-state index >= 15 is 0 Å². The molecule has 2 aliphatic heterocycles. The molecule has 3 atom stereocenters. The predicted octanol–water partition coefficient (Wildman–Crippen LogP) is 2.86. The highest BCUT2D eigenvalue weighted by Gasteiger charge is 2.21. The third kappa shape index (κ3) is 7.43. The number of nitrogens with one attached hydrogen (secondary N) is 2. The molecule has 2 saturated heterocycles.